The van der Waals surface area contributed by atoms with E-state index in [0.717, 1.165) is 11.4 Å². The molecule has 2 aromatic carbocycles. The summed E-state index contributed by atoms with van der Waals surface area (Å²) < 4.78 is 10.4. The molecule has 0 bridgehead atoms. The standard InChI is InChI=1S/C22H16N4O5S/c1-30-20-11-14(8-9-19(20)26(28)29)21(27)31-16-6-4-5-15(12-16)24-22-25-18(13-32-22)17-7-2-3-10-23-17/h2-13H,1H3,(H,24,25). The van der Waals surface area contributed by atoms with Crippen molar-refractivity contribution in [3.05, 3.63) is 87.9 Å². The summed E-state index contributed by atoms with van der Waals surface area (Å²) in [7, 11) is 1.30. The van der Waals surface area contributed by atoms with Gasteiger partial charge in [-0.25, -0.2) is 9.78 Å². The Balaban J connectivity index is 1.47. The number of carbonyl (C=O) groups excluding carboxylic acids is 1. The van der Waals surface area contributed by atoms with E-state index < -0.39 is 10.9 Å². The van der Waals surface area contributed by atoms with Crippen LogP contribution in [0.3, 0.4) is 0 Å². The third kappa shape index (κ3) is 4.71. The van der Waals surface area contributed by atoms with Crippen LogP contribution in [-0.2, 0) is 0 Å². The number of anilines is 2. The molecule has 4 rings (SSSR count). The summed E-state index contributed by atoms with van der Waals surface area (Å²) in [6.07, 6.45) is 1.71. The lowest BCUT2D eigenvalue weighted by Crippen LogP contribution is -2.09. The first-order valence-corrected chi connectivity index (χ1v) is 10.2. The lowest BCUT2D eigenvalue weighted by atomic mass is 10.2. The lowest BCUT2D eigenvalue weighted by molar-refractivity contribution is -0.385. The highest BCUT2D eigenvalue weighted by molar-refractivity contribution is 7.14. The van der Waals surface area contributed by atoms with E-state index in [9.17, 15) is 14.9 Å². The van der Waals surface area contributed by atoms with Gasteiger partial charge in [-0.3, -0.25) is 15.1 Å². The molecule has 0 fully saturated rings. The van der Waals surface area contributed by atoms with Crippen molar-refractivity contribution in [1.82, 2.24) is 9.97 Å². The molecule has 1 N–H and O–H groups in total. The maximum atomic E-state index is 12.5. The van der Waals surface area contributed by atoms with Gasteiger partial charge in [0.1, 0.15) is 11.4 Å². The van der Waals surface area contributed by atoms with Gasteiger partial charge in [-0.2, -0.15) is 0 Å². The Morgan fingerprint density at radius 3 is 2.72 bits per heavy atom. The normalized spacial score (nSPS) is 10.4. The minimum absolute atomic E-state index is 0.0210. The number of hydrogen-bond donors (Lipinski definition) is 1. The number of nitro benzene ring substituents is 1. The van der Waals surface area contributed by atoms with Crippen molar-refractivity contribution in [3.8, 4) is 22.9 Å². The number of carbonyl (C=O) groups is 1. The fraction of sp³-hybridized carbons (Fsp3) is 0.0455. The van der Waals surface area contributed by atoms with Crippen molar-refractivity contribution >= 4 is 33.8 Å². The first-order chi connectivity index (χ1) is 15.5. The molecule has 0 aliphatic heterocycles. The zero-order chi connectivity index (χ0) is 22.5. The third-order valence-electron chi connectivity index (χ3n) is 4.34. The minimum Gasteiger partial charge on any atom is -0.490 e. The van der Waals surface area contributed by atoms with Crippen molar-refractivity contribution < 1.29 is 19.2 Å². The number of thiazole rings is 1. The molecule has 0 aliphatic carbocycles. The molecule has 10 heteroatoms. The highest BCUT2D eigenvalue weighted by Gasteiger charge is 2.18. The maximum absolute atomic E-state index is 12.5. The molecule has 160 valence electrons. The Morgan fingerprint density at radius 2 is 1.97 bits per heavy atom. The van der Waals surface area contributed by atoms with Gasteiger partial charge in [0.2, 0.25) is 0 Å². The van der Waals surface area contributed by atoms with Gasteiger partial charge < -0.3 is 14.8 Å². The first-order valence-electron chi connectivity index (χ1n) is 9.32. The van der Waals surface area contributed by atoms with Crippen LogP contribution in [0.25, 0.3) is 11.4 Å². The predicted octanol–water partition coefficient (Wildman–Crippen LogP) is 5.08. The van der Waals surface area contributed by atoms with Gasteiger partial charge in [0.25, 0.3) is 0 Å². The number of nitrogens with one attached hydrogen (secondary N) is 1. The molecule has 2 aromatic heterocycles. The summed E-state index contributed by atoms with van der Waals surface area (Å²) >= 11 is 1.42. The highest BCUT2D eigenvalue weighted by Crippen LogP contribution is 2.29. The quantitative estimate of drug-likeness (QED) is 0.180. The second-order valence-electron chi connectivity index (χ2n) is 6.44. The summed E-state index contributed by atoms with van der Waals surface area (Å²) in [6, 6.07) is 16.2. The van der Waals surface area contributed by atoms with Crippen molar-refractivity contribution in [2.24, 2.45) is 0 Å². The fourth-order valence-corrected chi connectivity index (χ4v) is 3.57. The van der Waals surface area contributed by atoms with Gasteiger partial charge in [-0.15, -0.1) is 11.3 Å². The number of nitrogens with zero attached hydrogens (tertiary/aromatic N) is 3. The number of pyridine rings is 1. The second kappa shape index (κ2) is 9.23. The molecule has 0 saturated carbocycles. The van der Waals surface area contributed by atoms with E-state index in [2.05, 4.69) is 15.3 Å². The topological polar surface area (TPSA) is 116 Å². The predicted molar refractivity (Wildman–Crippen MR) is 120 cm³/mol. The van der Waals surface area contributed by atoms with Crippen molar-refractivity contribution in [2.75, 3.05) is 12.4 Å². The molecule has 0 saturated heterocycles. The molecule has 0 amide bonds. The molecule has 9 nitrogen and oxygen atoms in total. The number of methoxy groups -OCH3 is 1. The van der Waals surface area contributed by atoms with Gasteiger partial charge in [-0.1, -0.05) is 12.1 Å². The van der Waals surface area contributed by atoms with E-state index in [1.807, 2.05) is 29.6 Å². The minimum atomic E-state index is -0.665. The first kappa shape index (κ1) is 20.9. The van der Waals surface area contributed by atoms with Crippen LogP contribution in [0.15, 0.2) is 72.2 Å². The van der Waals surface area contributed by atoms with E-state index in [1.165, 1.54) is 36.6 Å². The summed E-state index contributed by atoms with van der Waals surface area (Å²) in [5.41, 5.74) is 2.11. The number of nitro groups is 1. The van der Waals surface area contributed by atoms with Crippen molar-refractivity contribution in [2.45, 2.75) is 0 Å². The van der Waals surface area contributed by atoms with Crippen LogP contribution in [0.5, 0.6) is 11.5 Å². The molecule has 0 aliphatic rings. The van der Waals surface area contributed by atoms with Crippen LogP contribution in [0.1, 0.15) is 10.4 Å². The number of ether oxygens (including phenoxy) is 2. The Bertz CT molecular complexity index is 1280. The fourth-order valence-electron chi connectivity index (χ4n) is 2.85. The second-order valence-corrected chi connectivity index (χ2v) is 7.30. The van der Waals surface area contributed by atoms with Gasteiger partial charge in [0.05, 0.1) is 23.3 Å². The molecule has 0 radical (unpaired) electrons. The van der Waals surface area contributed by atoms with E-state index in [4.69, 9.17) is 9.47 Å². The number of esters is 1. The Kier molecular flexibility index (Phi) is 6.04. The highest BCUT2D eigenvalue weighted by atomic mass is 32.1. The molecule has 0 spiro atoms. The largest absolute Gasteiger partial charge is 0.490 e. The molecule has 2 heterocycles. The summed E-state index contributed by atoms with van der Waals surface area (Å²) in [5.74, 6) is -0.381. The van der Waals surface area contributed by atoms with Gasteiger partial charge in [-0.05, 0) is 30.3 Å². The van der Waals surface area contributed by atoms with Crippen molar-refractivity contribution in [3.63, 3.8) is 0 Å². The average Bonchev–Trinajstić information content (AvgIpc) is 3.27. The number of benzene rings is 2. The third-order valence-corrected chi connectivity index (χ3v) is 5.10. The van der Waals surface area contributed by atoms with Gasteiger partial charge in [0.15, 0.2) is 10.9 Å². The zero-order valence-corrected chi connectivity index (χ0v) is 17.5. The van der Waals surface area contributed by atoms with E-state index >= 15 is 0 Å². The Labute approximate surface area is 186 Å². The smallest absolute Gasteiger partial charge is 0.343 e. The number of aromatic nitrogens is 2. The average molecular weight is 448 g/mol. The monoisotopic (exact) mass is 448 g/mol. The van der Waals surface area contributed by atoms with E-state index in [-0.39, 0.29) is 17.0 Å². The molecule has 32 heavy (non-hydrogen) atoms. The summed E-state index contributed by atoms with van der Waals surface area (Å²) in [4.78, 5) is 31.8. The lowest BCUT2D eigenvalue weighted by Gasteiger charge is -2.08. The zero-order valence-electron chi connectivity index (χ0n) is 16.7. The van der Waals surface area contributed by atoms with Crippen LogP contribution in [-0.4, -0.2) is 28.0 Å². The molecule has 4 aromatic rings. The maximum Gasteiger partial charge on any atom is 0.343 e. The van der Waals surface area contributed by atoms with Crippen molar-refractivity contribution in [1.29, 1.82) is 0 Å². The van der Waals surface area contributed by atoms with Crippen LogP contribution < -0.4 is 14.8 Å². The van der Waals surface area contributed by atoms with Crippen LogP contribution in [0.2, 0.25) is 0 Å². The molecule has 0 atom stereocenters. The Hall–Kier alpha value is -4.31. The molecule has 0 unspecified atom stereocenters. The van der Waals surface area contributed by atoms with Crippen LogP contribution >= 0.6 is 11.3 Å². The SMILES string of the molecule is COc1cc(C(=O)Oc2cccc(Nc3nc(-c4ccccn4)cs3)c2)ccc1[N+](=O)[O-]. The molecular formula is C22H16N4O5S. The summed E-state index contributed by atoms with van der Waals surface area (Å²) in [5, 5.41) is 16.8. The van der Waals surface area contributed by atoms with Crippen LogP contribution in [0.4, 0.5) is 16.5 Å². The molecular weight excluding hydrogens is 432 g/mol. The van der Waals surface area contributed by atoms with E-state index in [1.54, 1.807) is 24.4 Å². The Morgan fingerprint density at radius 1 is 1.09 bits per heavy atom. The van der Waals surface area contributed by atoms with Crippen LogP contribution in [0, 0.1) is 10.1 Å². The van der Waals surface area contributed by atoms with Gasteiger partial charge >= 0.3 is 11.7 Å². The van der Waals surface area contributed by atoms with E-state index in [0.29, 0.717) is 16.6 Å². The number of hydrogen-bond acceptors (Lipinski definition) is 9. The number of rotatable bonds is 7. The summed E-state index contributed by atoms with van der Waals surface area (Å²) in [6.45, 7) is 0. The van der Waals surface area contributed by atoms with Gasteiger partial charge in [0, 0.05) is 35.5 Å².